The van der Waals surface area contributed by atoms with Gasteiger partial charge in [-0.15, -0.1) is 23.1 Å². The quantitative estimate of drug-likeness (QED) is 0.505. The first-order valence-electron chi connectivity index (χ1n) is 8.84. The van der Waals surface area contributed by atoms with Crippen LogP contribution in [0.1, 0.15) is 16.6 Å². The van der Waals surface area contributed by atoms with Crippen molar-refractivity contribution in [1.82, 2.24) is 10.3 Å². The van der Waals surface area contributed by atoms with Crippen molar-refractivity contribution >= 4 is 29.0 Å². The first kappa shape index (κ1) is 20.2. The summed E-state index contributed by atoms with van der Waals surface area (Å²) in [6.07, 6.45) is 1.76. The molecule has 0 saturated heterocycles. The highest BCUT2D eigenvalue weighted by Crippen LogP contribution is 2.24. The zero-order valence-corrected chi connectivity index (χ0v) is 17.2. The molecule has 5 nitrogen and oxygen atoms in total. The molecule has 28 heavy (non-hydrogen) atoms. The van der Waals surface area contributed by atoms with Crippen molar-refractivity contribution < 1.29 is 14.3 Å². The van der Waals surface area contributed by atoms with Gasteiger partial charge in [-0.3, -0.25) is 4.79 Å². The van der Waals surface area contributed by atoms with Gasteiger partial charge in [0.15, 0.2) is 0 Å². The van der Waals surface area contributed by atoms with Gasteiger partial charge in [0.1, 0.15) is 22.5 Å². The fraction of sp³-hybridized carbons (Fsp3) is 0.238. The Labute approximate surface area is 173 Å². The number of hydrogen-bond donors (Lipinski definition) is 1. The van der Waals surface area contributed by atoms with Crippen LogP contribution in [0.3, 0.4) is 0 Å². The van der Waals surface area contributed by atoms with Crippen LogP contribution < -0.4 is 14.8 Å². The van der Waals surface area contributed by atoms with Crippen molar-refractivity contribution in [3.8, 4) is 11.5 Å². The average molecular weight is 415 g/mol. The zero-order valence-electron chi connectivity index (χ0n) is 15.5. The molecule has 0 saturated carbocycles. The molecule has 1 amide bonds. The molecule has 0 aliphatic rings. The molecule has 0 bridgehead atoms. The number of nitrogens with one attached hydrogen (secondary N) is 1. The molecule has 3 rings (SSSR count). The number of benzene rings is 2. The lowest BCUT2D eigenvalue weighted by molar-refractivity contribution is -0.119. The van der Waals surface area contributed by atoms with Crippen LogP contribution in [0.4, 0.5) is 0 Å². The molecule has 146 valence electrons. The van der Waals surface area contributed by atoms with Crippen LogP contribution in [0.5, 0.6) is 11.5 Å². The summed E-state index contributed by atoms with van der Waals surface area (Å²) in [7, 11) is 1.63. The lowest BCUT2D eigenvalue weighted by Gasteiger charge is -2.17. The molecule has 1 unspecified atom stereocenters. The van der Waals surface area contributed by atoms with E-state index in [1.807, 2.05) is 60.0 Å². The summed E-state index contributed by atoms with van der Waals surface area (Å²) < 4.78 is 10.8. The van der Waals surface area contributed by atoms with Gasteiger partial charge in [-0.2, -0.15) is 0 Å². The molecule has 7 heteroatoms. The number of nitrogens with zero attached hydrogens (tertiary/aromatic N) is 1. The highest BCUT2D eigenvalue weighted by Gasteiger charge is 2.18. The maximum atomic E-state index is 12.4. The van der Waals surface area contributed by atoms with Crippen molar-refractivity contribution in [2.45, 2.75) is 6.04 Å². The SMILES string of the molecule is COc1ccc(OCCSCC(=O)NC(c2ccccc2)c2nccs2)cc1. The molecule has 0 aliphatic heterocycles. The van der Waals surface area contributed by atoms with E-state index >= 15 is 0 Å². The van der Waals surface area contributed by atoms with Gasteiger partial charge in [-0.25, -0.2) is 4.98 Å². The van der Waals surface area contributed by atoms with E-state index in [0.717, 1.165) is 27.8 Å². The second kappa shape index (κ2) is 10.7. The lowest BCUT2D eigenvalue weighted by Crippen LogP contribution is -2.30. The number of thiazole rings is 1. The molecule has 0 spiro atoms. The molecule has 1 atom stereocenters. The molecule has 0 radical (unpaired) electrons. The third-order valence-electron chi connectivity index (χ3n) is 3.93. The highest BCUT2D eigenvalue weighted by molar-refractivity contribution is 7.99. The zero-order chi connectivity index (χ0) is 19.6. The monoisotopic (exact) mass is 414 g/mol. The third kappa shape index (κ3) is 6.00. The maximum absolute atomic E-state index is 12.4. The Balaban J connectivity index is 1.43. The van der Waals surface area contributed by atoms with Crippen molar-refractivity contribution in [2.24, 2.45) is 0 Å². The topological polar surface area (TPSA) is 60.5 Å². The van der Waals surface area contributed by atoms with Crippen molar-refractivity contribution in [3.63, 3.8) is 0 Å². The lowest BCUT2D eigenvalue weighted by atomic mass is 10.1. The fourth-order valence-corrected chi connectivity index (χ4v) is 3.90. The minimum absolute atomic E-state index is 0.0153. The fourth-order valence-electron chi connectivity index (χ4n) is 2.57. The van der Waals surface area contributed by atoms with Gasteiger partial charge in [0.2, 0.25) is 5.91 Å². The van der Waals surface area contributed by atoms with E-state index in [9.17, 15) is 4.79 Å². The number of thioether (sulfide) groups is 1. The van der Waals surface area contributed by atoms with Crippen LogP contribution in [0, 0.1) is 0 Å². The number of rotatable bonds is 10. The second-order valence-electron chi connectivity index (χ2n) is 5.86. The first-order valence-corrected chi connectivity index (χ1v) is 10.9. The largest absolute Gasteiger partial charge is 0.497 e. The van der Waals surface area contributed by atoms with E-state index in [4.69, 9.17) is 9.47 Å². The summed E-state index contributed by atoms with van der Waals surface area (Å²) in [6.45, 7) is 0.541. The summed E-state index contributed by atoms with van der Waals surface area (Å²) in [5.74, 6) is 2.68. The van der Waals surface area contributed by atoms with Crippen LogP contribution in [0.2, 0.25) is 0 Å². The summed E-state index contributed by atoms with van der Waals surface area (Å²) in [6, 6.07) is 17.1. The number of hydrogen-bond acceptors (Lipinski definition) is 6. The second-order valence-corrected chi connectivity index (χ2v) is 7.89. The van der Waals surface area contributed by atoms with Crippen molar-refractivity contribution in [2.75, 3.05) is 25.2 Å². The minimum Gasteiger partial charge on any atom is -0.497 e. The van der Waals surface area contributed by atoms with E-state index in [-0.39, 0.29) is 11.9 Å². The molecular weight excluding hydrogens is 392 g/mol. The molecular formula is C21H22N2O3S2. The number of carbonyl (C=O) groups excluding carboxylic acids is 1. The van der Waals surface area contributed by atoms with E-state index in [1.54, 1.807) is 25.1 Å². The molecule has 3 aromatic rings. The molecule has 1 N–H and O–H groups in total. The van der Waals surface area contributed by atoms with Gasteiger partial charge in [0.05, 0.1) is 19.5 Å². The summed E-state index contributed by atoms with van der Waals surface area (Å²) in [5.41, 5.74) is 1.03. The van der Waals surface area contributed by atoms with Crippen LogP contribution >= 0.6 is 23.1 Å². The van der Waals surface area contributed by atoms with Gasteiger partial charge >= 0.3 is 0 Å². The Hall–Kier alpha value is -2.51. The Morgan fingerprint density at radius 3 is 2.57 bits per heavy atom. The predicted octanol–water partition coefficient (Wildman–Crippen LogP) is 4.17. The third-order valence-corrected chi connectivity index (χ3v) is 5.69. The van der Waals surface area contributed by atoms with Crippen LogP contribution in [0.15, 0.2) is 66.2 Å². The summed E-state index contributed by atoms with van der Waals surface area (Å²) in [5, 5.41) is 5.89. The van der Waals surface area contributed by atoms with E-state index in [1.165, 1.54) is 11.3 Å². The highest BCUT2D eigenvalue weighted by atomic mass is 32.2. The van der Waals surface area contributed by atoms with Gasteiger partial charge in [-0.05, 0) is 29.8 Å². The smallest absolute Gasteiger partial charge is 0.230 e. The van der Waals surface area contributed by atoms with Crippen LogP contribution in [-0.4, -0.2) is 36.1 Å². The van der Waals surface area contributed by atoms with Gasteiger partial charge in [-0.1, -0.05) is 30.3 Å². The normalized spacial score (nSPS) is 11.6. The van der Waals surface area contributed by atoms with Crippen molar-refractivity contribution in [1.29, 1.82) is 0 Å². The number of carbonyl (C=O) groups is 1. The van der Waals surface area contributed by atoms with Crippen LogP contribution in [0.25, 0.3) is 0 Å². The number of methoxy groups -OCH3 is 1. The number of ether oxygens (including phenoxy) is 2. The Bertz CT molecular complexity index is 840. The van der Waals surface area contributed by atoms with E-state index < -0.39 is 0 Å². The van der Waals surface area contributed by atoms with Gasteiger partial charge in [0, 0.05) is 17.3 Å². The van der Waals surface area contributed by atoms with Gasteiger partial charge in [0.25, 0.3) is 0 Å². The summed E-state index contributed by atoms with van der Waals surface area (Å²) in [4.78, 5) is 16.8. The Morgan fingerprint density at radius 2 is 1.89 bits per heavy atom. The molecule has 1 heterocycles. The Kier molecular flexibility index (Phi) is 7.75. The number of amides is 1. The van der Waals surface area contributed by atoms with E-state index in [2.05, 4.69) is 10.3 Å². The summed E-state index contributed by atoms with van der Waals surface area (Å²) >= 11 is 3.08. The first-order chi connectivity index (χ1) is 13.8. The van der Waals surface area contributed by atoms with Crippen molar-refractivity contribution in [3.05, 3.63) is 76.7 Å². The molecule has 0 fully saturated rings. The molecule has 2 aromatic carbocycles. The van der Waals surface area contributed by atoms with Crippen LogP contribution in [-0.2, 0) is 4.79 Å². The predicted molar refractivity (Wildman–Crippen MR) is 114 cm³/mol. The average Bonchev–Trinajstić information content (AvgIpc) is 3.27. The standard InChI is InChI=1S/C21H22N2O3S2/c1-25-17-7-9-18(10-8-17)26-12-14-27-15-19(24)23-20(21-22-11-13-28-21)16-5-3-2-4-6-16/h2-11,13,20H,12,14-15H2,1H3,(H,23,24). The number of aromatic nitrogens is 1. The molecule has 0 aliphatic carbocycles. The maximum Gasteiger partial charge on any atom is 0.230 e. The Morgan fingerprint density at radius 1 is 1.14 bits per heavy atom. The minimum atomic E-state index is -0.218. The van der Waals surface area contributed by atoms with E-state index in [0.29, 0.717) is 12.4 Å². The molecule has 1 aromatic heterocycles. The van der Waals surface area contributed by atoms with Gasteiger partial charge < -0.3 is 14.8 Å².